The number of carboxylic acid groups (broad SMARTS) is 1. The van der Waals surface area contributed by atoms with Crippen LogP contribution in [0.2, 0.25) is 0 Å². The van der Waals surface area contributed by atoms with E-state index in [-0.39, 0.29) is 16.7 Å². The summed E-state index contributed by atoms with van der Waals surface area (Å²) in [6.07, 6.45) is 1.02. The Morgan fingerprint density at radius 1 is 1.38 bits per heavy atom. The lowest BCUT2D eigenvalue weighted by molar-refractivity contribution is -0.120. The highest BCUT2D eigenvalue weighted by Gasteiger charge is 2.27. The molecule has 1 aliphatic rings. The number of thioether (sulfide) groups is 1. The first-order chi connectivity index (χ1) is 11.6. The first-order valence-electron chi connectivity index (χ1n) is 7.46. The van der Waals surface area contributed by atoms with Crippen molar-refractivity contribution in [3.05, 3.63) is 51.2 Å². The van der Waals surface area contributed by atoms with Crippen LogP contribution >= 0.6 is 23.1 Å². The third-order valence-corrected chi connectivity index (χ3v) is 6.11. The molecule has 1 aromatic carbocycles. The third kappa shape index (κ3) is 3.42. The molecule has 0 spiro atoms. The monoisotopic (exact) mass is 363 g/mol. The summed E-state index contributed by atoms with van der Waals surface area (Å²) in [5.74, 6) is 0.165. The lowest BCUT2D eigenvalue weighted by Gasteiger charge is -2.21. The Bertz CT molecular complexity index is 772. The molecule has 2 aromatic rings. The molecule has 0 saturated heterocycles. The molecule has 24 heavy (non-hydrogen) atoms. The third-order valence-electron chi connectivity index (χ3n) is 3.88. The lowest BCUT2D eigenvalue weighted by Crippen LogP contribution is -2.29. The maximum Gasteiger partial charge on any atom is 0.339 e. The first kappa shape index (κ1) is 16.9. The smallest absolute Gasteiger partial charge is 0.339 e. The van der Waals surface area contributed by atoms with Crippen molar-refractivity contribution < 1.29 is 19.4 Å². The zero-order valence-corrected chi connectivity index (χ0v) is 14.7. The number of methoxy groups -OCH3 is 1. The van der Waals surface area contributed by atoms with E-state index in [1.165, 1.54) is 18.1 Å². The molecule has 0 aliphatic carbocycles. The van der Waals surface area contributed by atoms with Crippen molar-refractivity contribution in [2.45, 2.75) is 18.2 Å². The fourth-order valence-electron chi connectivity index (χ4n) is 2.68. The van der Waals surface area contributed by atoms with Gasteiger partial charge in [-0.25, -0.2) is 4.79 Å². The van der Waals surface area contributed by atoms with Crippen LogP contribution in [0.4, 0.5) is 0 Å². The van der Waals surface area contributed by atoms with Crippen molar-refractivity contribution in [1.29, 1.82) is 0 Å². The van der Waals surface area contributed by atoms with E-state index in [0.29, 0.717) is 12.3 Å². The average molecular weight is 363 g/mol. The lowest BCUT2D eigenvalue weighted by atomic mass is 10.1. The summed E-state index contributed by atoms with van der Waals surface area (Å²) in [6, 6.07) is 6.92. The molecule has 2 N–H and O–H groups in total. The van der Waals surface area contributed by atoms with E-state index in [1.807, 2.05) is 11.4 Å². The van der Waals surface area contributed by atoms with E-state index in [9.17, 15) is 14.7 Å². The van der Waals surface area contributed by atoms with Crippen molar-refractivity contribution >= 4 is 35.0 Å². The average Bonchev–Trinajstić information content (AvgIpc) is 3.08. The van der Waals surface area contributed by atoms with Crippen molar-refractivity contribution in [2.75, 3.05) is 12.9 Å². The number of nitrogens with one attached hydrogen (secondary N) is 1. The van der Waals surface area contributed by atoms with Crippen LogP contribution in [0.1, 0.15) is 31.6 Å². The van der Waals surface area contributed by atoms with Crippen LogP contribution in [0, 0.1) is 0 Å². The highest BCUT2D eigenvalue weighted by Crippen LogP contribution is 2.39. The number of hydrogen-bond donors (Lipinski definition) is 2. The fourth-order valence-corrected chi connectivity index (χ4v) is 4.99. The number of hydrogen-bond acceptors (Lipinski definition) is 5. The normalized spacial score (nSPS) is 16.3. The second kappa shape index (κ2) is 7.27. The summed E-state index contributed by atoms with van der Waals surface area (Å²) >= 11 is 3.35. The molecule has 7 heteroatoms. The summed E-state index contributed by atoms with van der Waals surface area (Å²) in [7, 11) is 1.43. The number of aromatic carboxylic acids is 1. The van der Waals surface area contributed by atoms with E-state index in [4.69, 9.17) is 4.74 Å². The van der Waals surface area contributed by atoms with Gasteiger partial charge in [-0.3, -0.25) is 4.79 Å². The molecule has 1 aliphatic heterocycles. The van der Waals surface area contributed by atoms with Crippen LogP contribution in [0.5, 0.6) is 5.75 Å². The van der Waals surface area contributed by atoms with E-state index in [0.717, 1.165) is 23.3 Å². The number of amides is 1. The van der Waals surface area contributed by atoms with Crippen LogP contribution in [-0.2, 0) is 17.8 Å². The van der Waals surface area contributed by atoms with Gasteiger partial charge in [-0.1, -0.05) is 6.07 Å². The Balaban J connectivity index is 1.69. The molecular weight excluding hydrogens is 346 g/mol. The van der Waals surface area contributed by atoms with Crippen LogP contribution in [0.25, 0.3) is 0 Å². The van der Waals surface area contributed by atoms with Gasteiger partial charge in [-0.15, -0.1) is 23.1 Å². The van der Waals surface area contributed by atoms with Gasteiger partial charge in [0, 0.05) is 11.4 Å². The number of carbonyl (C=O) groups excluding carboxylic acids is 1. The van der Waals surface area contributed by atoms with Gasteiger partial charge < -0.3 is 15.2 Å². The maximum absolute atomic E-state index is 12.5. The molecule has 2 heterocycles. The topological polar surface area (TPSA) is 75.6 Å². The van der Waals surface area contributed by atoms with E-state index in [2.05, 4.69) is 5.32 Å². The Morgan fingerprint density at radius 2 is 2.21 bits per heavy atom. The second-order valence-electron chi connectivity index (χ2n) is 5.36. The van der Waals surface area contributed by atoms with E-state index in [1.54, 1.807) is 35.2 Å². The standard InChI is InChI=1S/C17H17NO4S2/c1-22-13-3-2-10(8-12(13)17(20)21)9-18-16(19)15-11-4-6-23-14(11)5-7-24-15/h2-4,6,8,15H,5,7,9H2,1H3,(H,18,19)(H,20,21)/t15-/m1/s1. The molecule has 0 radical (unpaired) electrons. The number of carbonyl (C=O) groups is 2. The van der Waals surface area contributed by atoms with Crippen molar-refractivity contribution in [2.24, 2.45) is 0 Å². The van der Waals surface area contributed by atoms with Crippen molar-refractivity contribution in [3.8, 4) is 5.75 Å². The maximum atomic E-state index is 12.5. The highest BCUT2D eigenvalue weighted by molar-refractivity contribution is 8.00. The van der Waals surface area contributed by atoms with Gasteiger partial charge in [0.15, 0.2) is 0 Å². The van der Waals surface area contributed by atoms with Gasteiger partial charge >= 0.3 is 5.97 Å². The zero-order valence-electron chi connectivity index (χ0n) is 13.1. The number of aryl methyl sites for hydroxylation is 1. The quantitative estimate of drug-likeness (QED) is 0.854. The Morgan fingerprint density at radius 3 is 2.96 bits per heavy atom. The summed E-state index contributed by atoms with van der Waals surface area (Å²) < 4.78 is 5.04. The van der Waals surface area contributed by atoms with Gasteiger partial charge in [0.05, 0.1) is 7.11 Å². The summed E-state index contributed by atoms with van der Waals surface area (Å²) in [5.41, 5.74) is 1.93. The minimum atomic E-state index is -1.05. The van der Waals surface area contributed by atoms with Crippen LogP contribution in [0.15, 0.2) is 29.6 Å². The summed E-state index contributed by atoms with van der Waals surface area (Å²) in [4.78, 5) is 25.0. The van der Waals surface area contributed by atoms with Gasteiger partial charge in [0.1, 0.15) is 16.6 Å². The molecule has 0 fully saturated rings. The van der Waals surface area contributed by atoms with Gasteiger partial charge in [-0.2, -0.15) is 0 Å². The number of benzene rings is 1. The second-order valence-corrected chi connectivity index (χ2v) is 7.57. The molecule has 3 rings (SSSR count). The van der Waals surface area contributed by atoms with E-state index < -0.39 is 5.97 Å². The van der Waals surface area contributed by atoms with Crippen LogP contribution < -0.4 is 10.1 Å². The molecule has 0 saturated carbocycles. The Kier molecular flexibility index (Phi) is 5.11. The number of carboxylic acids is 1. The molecule has 1 atom stereocenters. The van der Waals surface area contributed by atoms with Gasteiger partial charge in [0.2, 0.25) is 5.91 Å². The van der Waals surface area contributed by atoms with E-state index >= 15 is 0 Å². The zero-order chi connectivity index (χ0) is 17.1. The molecule has 0 bridgehead atoms. The molecular formula is C17H17NO4S2. The summed E-state index contributed by atoms with van der Waals surface area (Å²) in [5, 5.41) is 14.0. The van der Waals surface area contributed by atoms with Crippen LogP contribution in [-0.4, -0.2) is 29.8 Å². The van der Waals surface area contributed by atoms with Crippen molar-refractivity contribution in [1.82, 2.24) is 5.32 Å². The predicted molar refractivity (Wildman–Crippen MR) is 95.0 cm³/mol. The molecule has 1 amide bonds. The van der Waals surface area contributed by atoms with Gasteiger partial charge in [-0.05, 0) is 46.9 Å². The number of rotatable bonds is 5. The number of ether oxygens (including phenoxy) is 1. The highest BCUT2D eigenvalue weighted by atomic mass is 32.2. The summed E-state index contributed by atoms with van der Waals surface area (Å²) in [6.45, 7) is 0.291. The first-order valence-corrected chi connectivity index (χ1v) is 9.38. The van der Waals surface area contributed by atoms with Crippen molar-refractivity contribution in [3.63, 3.8) is 0 Å². The van der Waals surface area contributed by atoms with Crippen LogP contribution in [0.3, 0.4) is 0 Å². The number of fused-ring (bicyclic) bond motifs is 1. The van der Waals surface area contributed by atoms with Gasteiger partial charge in [0.25, 0.3) is 0 Å². The Hall–Kier alpha value is -1.99. The minimum Gasteiger partial charge on any atom is -0.496 e. The SMILES string of the molecule is COc1ccc(CNC(=O)[C@@H]2SCCc3sccc32)cc1C(=O)O. The minimum absolute atomic E-state index is 0.0351. The number of thiophene rings is 1. The Labute approximate surface area is 148 Å². The molecule has 1 aromatic heterocycles. The molecule has 5 nitrogen and oxygen atoms in total. The largest absolute Gasteiger partial charge is 0.496 e. The molecule has 126 valence electrons. The molecule has 0 unspecified atom stereocenters. The fraction of sp³-hybridized carbons (Fsp3) is 0.294. The predicted octanol–water partition coefficient (Wildman–Crippen LogP) is 3.10.